The van der Waals surface area contributed by atoms with Gasteiger partial charge >= 0.3 is 6.01 Å². The Balaban J connectivity index is 2.05. The van der Waals surface area contributed by atoms with Gasteiger partial charge in [-0.3, -0.25) is 0 Å². The van der Waals surface area contributed by atoms with Gasteiger partial charge in [0.1, 0.15) is 0 Å². The molecule has 0 saturated carbocycles. The Morgan fingerprint density at radius 1 is 1.00 bits per heavy atom. The minimum Gasteiger partial charge on any atom is -0.408 e. The smallest absolute Gasteiger partial charge is 0.320 e. The number of hydrogen-bond donors (Lipinski definition) is 1. The molecule has 3 aromatic rings. The first-order chi connectivity index (χ1) is 8.33. The van der Waals surface area contributed by atoms with Crippen LogP contribution in [0.15, 0.2) is 46.9 Å². The van der Waals surface area contributed by atoms with Crippen molar-refractivity contribution in [2.45, 2.75) is 6.92 Å². The van der Waals surface area contributed by atoms with E-state index in [1.807, 2.05) is 24.3 Å². The van der Waals surface area contributed by atoms with Crippen molar-refractivity contribution in [1.29, 1.82) is 0 Å². The van der Waals surface area contributed by atoms with Crippen LogP contribution in [0.3, 0.4) is 0 Å². The highest BCUT2D eigenvalue weighted by Crippen LogP contribution is 2.25. The van der Waals surface area contributed by atoms with Gasteiger partial charge in [0.05, 0.1) is 5.69 Å². The standard InChI is InChI=1S/C13H11N3O/c1-9-15-16-13(17-9)14-12-8-4-6-10-5-2-3-7-11(10)12/h2-8H,1H3,(H,14,16). The fraction of sp³-hybridized carbons (Fsp3) is 0.0769. The average molecular weight is 225 g/mol. The van der Waals surface area contributed by atoms with Crippen LogP contribution in [0.4, 0.5) is 11.7 Å². The summed E-state index contributed by atoms with van der Waals surface area (Å²) in [5, 5.41) is 13.1. The van der Waals surface area contributed by atoms with Crippen molar-refractivity contribution in [3.63, 3.8) is 0 Å². The number of anilines is 2. The minimum atomic E-state index is 0.416. The van der Waals surface area contributed by atoms with Crippen molar-refractivity contribution in [3.8, 4) is 0 Å². The van der Waals surface area contributed by atoms with Crippen LogP contribution in [-0.4, -0.2) is 10.2 Å². The van der Waals surface area contributed by atoms with Gasteiger partial charge in [-0.2, -0.15) is 0 Å². The summed E-state index contributed by atoms with van der Waals surface area (Å²) in [7, 11) is 0. The van der Waals surface area contributed by atoms with Crippen LogP contribution in [0.1, 0.15) is 5.89 Å². The van der Waals surface area contributed by atoms with E-state index in [4.69, 9.17) is 4.42 Å². The van der Waals surface area contributed by atoms with E-state index in [0.29, 0.717) is 11.9 Å². The summed E-state index contributed by atoms with van der Waals surface area (Å²) < 4.78 is 5.30. The zero-order chi connectivity index (χ0) is 11.7. The first kappa shape index (κ1) is 9.84. The number of aryl methyl sites for hydroxylation is 1. The molecule has 0 atom stereocenters. The lowest BCUT2D eigenvalue weighted by molar-refractivity contribution is 0.536. The van der Waals surface area contributed by atoms with E-state index in [1.165, 1.54) is 5.39 Å². The molecule has 0 saturated heterocycles. The number of benzene rings is 2. The fourth-order valence-electron chi connectivity index (χ4n) is 1.80. The predicted molar refractivity (Wildman–Crippen MR) is 66.3 cm³/mol. The lowest BCUT2D eigenvalue weighted by Crippen LogP contribution is -1.91. The molecular weight excluding hydrogens is 214 g/mol. The summed E-state index contributed by atoms with van der Waals surface area (Å²) >= 11 is 0. The molecule has 0 aliphatic heterocycles. The summed E-state index contributed by atoms with van der Waals surface area (Å²) in [4.78, 5) is 0. The highest BCUT2D eigenvalue weighted by atomic mass is 16.4. The molecule has 1 heterocycles. The van der Waals surface area contributed by atoms with Gasteiger partial charge in [0.2, 0.25) is 5.89 Å². The van der Waals surface area contributed by atoms with E-state index >= 15 is 0 Å². The molecule has 1 N–H and O–H groups in total. The minimum absolute atomic E-state index is 0.416. The molecule has 1 aromatic heterocycles. The van der Waals surface area contributed by atoms with Crippen LogP contribution < -0.4 is 5.32 Å². The normalized spacial score (nSPS) is 10.6. The van der Waals surface area contributed by atoms with Crippen molar-refractivity contribution >= 4 is 22.5 Å². The Morgan fingerprint density at radius 3 is 2.65 bits per heavy atom. The van der Waals surface area contributed by atoms with E-state index in [1.54, 1.807) is 6.92 Å². The molecule has 17 heavy (non-hydrogen) atoms. The highest BCUT2D eigenvalue weighted by Gasteiger charge is 2.04. The summed E-state index contributed by atoms with van der Waals surface area (Å²) in [6.45, 7) is 1.77. The molecule has 4 heteroatoms. The first-order valence-corrected chi connectivity index (χ1v) is 5.38. The van der Waals surface area contributed by atoms with E-state index in [9.17, 15) is 0 Å². The Hall–Kier alpha value is -2.36. The first-order valence-electron chi connectivity index (χ1n) is 5.38. The fourth-order valence-corrected chi connectivity index (χ4v) is 1.80. The van der Waals surface area contributed by atoms with Gasteiger partial charge in [-0.25, -0.2) is 0 Å². The Bertz CT molecular complexity index is 655. The highest BCUT2D eigenvalue weighted by molar-refractivity contribution is 5.94. The monoisotopic (exact) mass is 225 g/mol. The Kier molecular flexibility index (Phi) is 2.26. The van der Waals surface area contributed by atoms with Crippen molar-refractivity contribution in [2.75, 3.05) is 5.32 Å². The molecule has 0 amide bonds. The summed E-state index contributed by atoms with van der Waals surface area (Å²) in [6.07, 6.45) is 0. The molecule has 3 rings (SSSR count). The predicted octanol–water partition coefficient (Wildman–Crippen LogP) is 3.27. The summed E-state index contributed by atoms with van der Waals surface area (Å²) in [5.41, 5.74) is 0.965. The Morgan fingerprint density at radius 2 is 1.82 bits per heavy atom. The van der Waals surface area contributed by atoms with Gasteiger partial charge in [0.25, 0.3) is 0 Å². The second-order valence-electron chi connectivity index (χ2n) is 3.78. The molecule has 0 fully saturated rings. The SMILES string of the molecule is Cc1nnc(Nc2cccc3ccccc23)o1. The van der Waals surface area contributed by atoms with Crippen LogP contribution in [0.5, 0.6) is 0 Å². The topological polar surface area (TPSA) is 51.0 Å². The van der Waals surface area contributed by atoms with Gasteiger partial charge in [-0.05, 0) is 11.5 Å². The van der Waals surface area contributed by atoms with Gasteiger partial charge in [0.15, 0.2) is 0 Å². The van der Waals surface area contributed by atoms with Crippen molar-refractivity contribution in [3.05, 3.63) is 48.4 Å². The zero-order valence-electron chi connectivity index (χ0n) is 9.34. The number of nitrogens with one attached hydrogen (secondary N) is 1. The van der Waals surface area contributed by atoms with E-state index in [2.05, 4.69) is 33.7 Å². The molecule has 0 aliphatic carbocycles. The number of aromatic nitrogens is 2. The van der Waals surface area contributed by atoms with Crippen molar-refractivity contribution in [1.82, 2.24) is 10.2 Å². The average Bonchev–Trinajstić information content (AvgIpc) is 2.75. The maximum absolute atomic E-state index is 5.30. The number of nitrogens with zero attached hydrogens (tertiary/aromatic N) is 2. The largest absolute Gasteiger partial charge is 0.408 e. The molecule has 0 spiro atoms. The second kappa shape index (κ2) is 3.90. The maximum atomic E-state index is 5.30. The number of fused-ring (bicyclic) bond motifs is 1. The summed E-state index contributed by atoms with van der Waals surface area (Å²) in [6, 6.07) is 14.6. The molecule has 2 aromatic carbocycles. The maximum Gasteiger partial charge on any atom is 0.320 e. The second-order valence-corrected chi connectivity index (χ2v) is 3.78. The van der Waals surface area contributed by atoms with Gasteiger partial charge in [-0.15, -0.1) is 5.10 Å². The Labute approximate surface area is 98.3 Å². The van der Waals surface area contributed by atoms with Crippen LogP contribution >= 0.6 is 0 Å². The van der Waals surface area contributed by atoms with Gasteiger partial charge in [0, 0.05) is 12.3 Å². The summed E-state index contributed by atoms with van der Waals surface area (Å²) in [5.74, 6) is 0.549. The third kappa shape index (κ3) is 1.85. The molecule has 0 bridgehead atoms. The van der Waals surface area contributed by atoms with Crippen molar-refractivity contribution in [2.24, 2.45) is 0 Å². The molecule has 84 valence electrons. The lowest BCUT2D eigenvalue weighted by atomic mass is 10.1. The molecule has 4 nitrogen and oxygen atoms in total. The number of rotatable bonds is 2. The van der Waals surface area contributed by atoms with E-state index < -0.39 is 0 Å². The quantitative estimate of drug-likeness (QED) is 0.727. The molecular formula is C13H11N3O. The lowest BCUT2D eigenvalue weighted by Gasteiger charge is -2.05. The molecule has 0 unspecified atom stereocenters. The third-order valence-corrected chi connectivity index (χ3v) is 2.56. The number of hydrogen-bond acceptors (Lipinski definition) is 4. The van der Waals surface area contributed by atoms with Crippen LogP contribution in [0, 0.1) is 6.92 Å². The van der Waals surface area contributed by atoms with Gasteiger partial charge < -0.3 is 9.73 Å². The van der Waals surface area contributed by atoms with E-state index in [0.717, 1.165) is 11.1 Å². The van der Waals surface area contributed by atoms with Crippen molar-refractivity contribution < 1.29 is 4.42 Å². The third-order valence-electron chi connectivity index (χ3n) is 2.56. The van der Waals surface area contributed by atoms with Gasteiger partial charge in [-0.1, -0.05) is 41.5 Å². The molecule has 0 aliphatic rings. The molecule has 0 radical (unpaired) electrons. The zero-order valence-corrected chi connectivity index (χ0v) is 9.34. The van der Waals surface area contributed by atoms with Crippen LogP contribution in [0.25, 0.3) is 10.8 Å². The van der Waals surface area contributed by atoms with Crippen LogP contribution in [-0.2, 0) is 0 Å². The van der Waals surface area contributed by atoms with E-state index in [-0.39, 0.29) is 0 Å². The van der Waals surface area contributed by atoms with Crippen LogP contribution in [0.2, 0.25) is 0 Å².